The van der Waals surface area contributed by atoms with Crippen LogP contribution in [0.5, 0.6) is 0 Å². The van der Waals surface area contributed by atoms with E-state index >= 15 is 0 Å². The topological polar surface area (TPSA) is 94.9 Å². The number of hydrogen-bond donors (Lipinski definition) is 2. The summed E-state index contributed by atoms with van der Waals surface area (Å²) in [5.74, 6) is -0.506. The second-order valence-electron chi connectivity index (χ2n) is 3.24. The molecule has 4 N–H and O–H groups in total. The third kappa shape index (κ3) is 2.54. The van der Waals surface area contributed by atoms with Crippen LogP contribution in [0.4, 0.5) is 5.69 Å². The number of primary amides is 1. The Bertz CT molecular complexity index is 559. The molecule has 86 valence electrons. The van der Waals surface area contributed by atoms with Crippen LogP contribution in [0.25, 0.3) is 0 Å². The van der Waals surface area contributed by atoms with E-state index in [1.807, 2.05) is 0 Å². The number of aromatic nitrogens is 2. The lowest BCUT2D eigenvalue weighted by Gasteiger charge is -2.06. The van der Waals surface area contributed by atoms with Gasteiger partial charge in [-0.05, 0) is 18.2 Å². The fraction of sp³-hybridized carbons (Fsp3) is 0. The highest BCUT2D eigenvalue weighted by atomic mass is 32.2. The summed E-state index contributed by atoms with van der Waals surface area (Å²) in [6, 6.07) is 5.06. The molecule has 0 aliphatic heterocycles. The van der Waals surface area contributed by atoms with Crippen LogP contribution in [-0.4, -0.2) is 15.9 Å². The van der Waals surface area contributed by atoms with Crippen molar-refractivity contribution >= 4 is 23.4 Å². The van der Waals surface area contributed by atoms with E-state index in [-0.39, 0.29) is 0 Å². The largest absolute Gasteiger partial charge is 0.397 e. The SMILES string of the molecule is NC(=O)c1cccnc1Sc1ccncc1N. The second-order valence-corrected chi connectivity index (χ2v) is 4.27. The van der Waals surface area contributed by atoms with Gasteiger partial charge in [0, 0.05) is 17.3 Å². The number of nitrogens with two attached hydrogens (primary N) is 2. The maximum atomic E-state index is 11.2. The molecule has 0 aliphatic carbocycles. The van der Waals surface area contributed by atoms with Gasteiger partial charge in [0.1, 0.15) is 5.03 Å². The van der Waals surface area contributed by atoms with Crippen molar-refractivity contribution in [2.24, 2.45) is 5.73 Å². The molecule has 0 spiro atoms. The molecule has 0 aromatic carbocycles. The molecule has 0 unspecified atom stereocenters. The molecule has 0 radical (unpaired) electrons. The average Bonchev–Trinajstić information content (AvgIpc) is 2.32. The number of nitrogens with zero attached hydrogens (tertiary/aromatic N) is 2. The van der Waals surface area contributed by atoms with Gasteiger partial charge in [0.25, 0.3) is 5.91 Å². The first-order valence-electron chi connectivity index (χ1n) is 4.80. The van der Waals surface area contributed by atoms with E-state index in [4.69, 9.17) is 11.5 Å². The fourth-order valence-electron chi connectivity index (χ4n) is 1.25. The maximum absolute atomic E-state index is 11.2. The van der Waals surface area contributed by atoms with Crippen LogP contribution < -0.4 is 11.5 Å². The van der Waals surface area contributed by atoms with E-state index in [0.717, 1.165) is 4.90 Å². The molecular formula is C11H10N4OS. The minimum absolute atomic E-state index is 0.383. The van der Waals surface area contributed by atoms with Crippen LogP contribution in [0, 0.1) is 0 Å². The molecule has 2 rings (SSSR count). The van der Waals surface area contributed by atoms with Crippen LogP contribution in [0.1, 0.15) is 10.4 Å². The fourth-order valence-corrected chi connectivity index (χ4v) is 2.15. The Balaban J connectivity index is 2.37. The first-order chi connectivity index (χ1) is 8.18. The molecule has 2 aromatic heterocycles. The first-order valence-corrected chi connectivity index (χ1v) is 5.62. The molecule has 1 amide bonds. The van der Waals surface area contributed by atoms with Gasteiger partial charge in [-0.25, -0.2) is 4.98 Å². The third-order valence-corrected chi connectivity index (χ3v) is 3.16. The van der Waals surface area contributed by atoms with E-state index < -0.39 is 5.91 Å². The van der Waals surface area contributed by atoms with Crippen LogP contribution in [0.15, 0.2) is 46.7 Å². The van der Waals surface area contributed by atoms with Crippen LogP contribution in [-0.2, 0) is 0 Å². The molecule has 17 heavy (non-hydrogen) atoms. The van der Waals surface area contributed by atoms with E-state index in [2.05, 4.69) is 9.97 Å². The summed E-state index contributed by atoms with van der Waals surface area (Å²) >= 11 is 1.29. The molecular weight excluding hydrogens is 236 g/mol. The molecule has 0 saturated carbocycles. The van der Waals surface area contributed by atoms with Crippen molar-refractivity contribution in [1.82, 2.24) is 9.97 Å². The normalized spacial score (nSPS) is 10.1. The number of pyridine rings is 2. The summed E-state index contributed by atoms with van der Waals surface area (Å²) in [6.07, 6.45) is 4.78. The number of nitrogen functional groups attached to an aromatic ring is 1. The Morgan fingerprint density at radius 1 is 1.29 bits per heavy atom. The van der Waals surface area contributed by atoms with Gasteiger partial charge < -0.3 is 11.5 Å². The molecule has 0 saturated heterocycles. The van der Waals surface area contributed by atoms with E-state index in [0.29, 0.717) is 16.3 Å². The molecule has 0 fully saturated rings. The zero-order chi connectivity index (χ0) is 12.3. The lowest BCUT2D eigenvalue weighted by atomic mass is 10.3. The van der Waals surface area contributed by atoms with Crippen molar-refractivity contribution in [3.8, 4) is 0 Å². The maximum Gasteiger partial charge on any atom is 0.251 e. The monoisotopic (exact) mass is 246 g/mol. The number of carbonyl (C=O) groups excluding carboxylic acids is 1. The smallest absolute Gasteiger partial charge is 0.251 e. The van der Waals surface area contributed by atoms with Crippen molar-refractivity contribution in [3.63, 3.8) is 0 Å². The first kappa shape index (κ1) is 11.4. The predicted octanol–water partition coefficient (Wildman–Crippen LogP) is 1.31. The molecule has 6 heteroatoms. The Labute approximate surface area is 102 Å². The third-order valence-electron chi connectivity index (χ3n) is 2.05. The number of carbonyl (C=O) groups is 1. The summed E-state index contributed by atoms with van der Waals surface area (Å²) in [5.41, 5.74) is 12.0. The minimum Gasteiger partial charge on any atom is -0.397 e. The zero-order valence-electron chi connectivity index (χ0n) is 8.83. The van der Waals surface area contributed by atoms with Crippen LogP contribution in [0.3, 0.4) is 0 Å². The molecule has 0 aliphatic rings. The Kier molecular flexibility index (Phi) is 3.24. The molecule has 2 heterocycles. The standard InChI is InChI=1S/C11H10N4OS/c12-8-6-14-5-3-9(8)17-11-7(10(13)16)2-1-4-15-11/h1-6H,12H2,(H2,13,16). The summed E-state index contributed by atoms with van der Waals surface area (Å²) in [4.78, 5) is 20.0. The van der Waals surface area contributed by atoms with Gasteiger partial charge in [0.2, 0.25) is 0 Å². The zero-order valence-corrected chi connectivity index (χ0v) is 9.65. The average molecular weight is 246 g/mol. The Morgan fingerprint density at radius 3 is 2.82 bits per heavy atom. The van der Waals surface area contributed by atoms with Crippen molar-refractivity contribution in [2.75, 3.05) is 5.73 Å². The molecule has 0 bridgehead atoms. The van der Waals surface area contributed by atoms with Gasteiger partial charge in [-0.15, -0.1) is 0 Å². The predicted molar refractivity (Wildman–Crippen MR) is 65.5 cm³/mol. The summed E-state index contributed by atoms with van der Waals surface area (Å²) < 4.78 is 0. The van der Waals surface area contributed by atoms with Crippen molar-refractivity contribution in [3.05, 3.63) is 42.4 Å². The number of rotatable bonds is 3. The lowest BCUT2D eigenvalue weighted by molar-refractivity contribution is 0.0997. The quantitative estimate of drug-likeness (QED) is 0.851. The van der Waals surface area contributed by atoms with Gasteiger partial charge in [-0.2, -0.15) is 0 Å². The molecule has 2 aromatic rings. The Morgan fingerprint density at radius 2 is 2.12 bits per heavy atom. The summed E-state index contributed by atoms with van der Waals surface area (Å²) in [7, 11) is 0. The van der Waals surface area contributed by atoms with Gasteiger partial charge in [0.15, 0.2) is 0 Å². The highest BCUT2D eigenvalue weighted by Crippen LogP contribution is 2.31. The Hall–Kier alpha value is -2.08. The van der Waals surface area contributed by atoms with Crippen LogP contribution in [0.2, 0.25) is 0 Å². The van der Waals surface area contributed by atoms with E-state index in [1.165, 1.54) is 11.8 Å². The van der Waals surface area contributed by atoms with Crippen molar-refractivity contribution in [2.45, 2.75) is 9.92 Å². The highest BCUT2D eigenvalue weighted by molar-refractivity contribution is 7.99. The lowest BCUT2D eigenvalue weighted by Crippen LogP contribution is -2.12. The van der Waals surface area contributed by atoms with Gasteiger partial charge in [-0.3, -0.25) is 9.78 Å². The van der Waals surface area contributed by atoms with Crippen LogP contribution >= 0.6 is 11.8 Å². The summed E-state index contributed by atoms with van der Waals surface area (Å²) in [6.45, 7) is 0. The second kappa shape index (κ2) is 4.84. The van der Waals surface area contributed by atoms with Crippen molar-refractivity contribution < 1.29 is 4.79 Å². The number of anilines is 1. The molecule has 0 atom stereocenters. The number of amides is 1. The van der Waals surface area contributed by atoms with Crippen molar-refractivity contribution in [1.29, 1.82) is 0 Å². The molecule has 5 nitrogen and oxygen atoms in total. The van der Waals surface area contributed by atoms with E-state index in [1.54, 1.807) is 36.8 Å². The summed E-state index contributed by atoms with van der Waals surface area (Å²) in [5, 5.41) is 0.540. The minimum atomic E-state index is -0.506. The van der Waals surface area contributed by atoms with Gasteiger partial charge >= 0.3 is 0 Å². The highest BCUT2D eigenvalue weighted by Gasteiger charge is 2.11. The number of hydrogen-bond acceptors (Lipinski definition) is 5. The van der Waals surface area contributed by atoms with E-state index in [9.17, 15) is 4.79 Å². The van der Waals surface area contributed by atoms with Gasteiger partial charge in [-0.1, -0.05) is 11.8 Å². The van der Waals surface area contributed by atoms with Gasteiger partial charge in [0.05, 0.1) is 17.4 Å².